The highest BCUT2D eigenvalue weighted by Crippen LogP contribution is 2.41. The summed E-state index contributed by atoms with van der Waals surface area (Å²) in [7, 11) is -0.980. The number of methoxy groups -OCH3 is 2. The lowest BCUT2D eigenvalue weighted by Crippen LogP contribution is -2.38. The predicted molar refractivity (Wildman–Crippen MR) is 132 cm³/mol. The fourth-order valence-electron chi connectivity index (χ4n) is 3.96. The van der Waals surface area contributed by atoms with E-state index in [-0.39, 0.29) is 6.54 Å². The van der Waals surface area contributed by atoms with Gasteiger partial charge in [-0.3, -0.25) is 4.55 Å². The van der Waals surface area contributed by atoms with E-state index >= 15 is 0 Å². The zero-order valence-electron chi connectivity index (χ0n) is 20.1. The average molecular weight is 502 g/mol. The second kappa shape index (κ2) is 10.0. The van der Waals surface area contributed by atoms with E-state index in [1.54, 1.807) is 37.0 Å². The molecular weight excluding hydrogens is 472 g/mol. The quantitative estimate of drug-likeness (QED) is 0.344. The summed E-state index contributed by atoms with van der Waals surface area (Å²) in [5, 5.41) is 0. The first-order valence-electron chi connectivity index (χ1n) is 11.3. The van der Waals surface area contributed by atoms with Gasteiger partial charge in [0.1, 0.15) is 17.3 Å². The summed E-state index contributed by atoms with van der Waals surface area (Å²) in [5.41, 5.74) is 3.06. The molecule has 9 nitrogen and oxygen atoms in total. The number of rotatable bonds is 9. The first-order valence-corrected chi connectivity index (χ1v) is 12.9. The highest BCUT2D eigenvalue weighted by atomic mass is 32.2. The molecule has 0 atom stereocenters. The van der Waals surface area contributed by atoms with Crippen molar-refractivity contribution >= 4 is 33.0 Å². The Bertz CT molecular complexity index is 1410. The summed E-state index contributed by atoms with van der Waals surface area (Å²) in [6.45, 7) is 4.76. The van der Waals surface area contributed by atoms with Gasteiger partial charge in [-0.15, -0.1) is 0 Å². The van der Waals surface area contributed by atoms with Gasteiger partial charge in [0.25, 0.3) is 15.6 Å². The van der Waals surface area contributed by atoms with Crippen LogP contribution in [0.2, 0.25) is 0 Å². The Morgan fingerprint density at radius 2 is 1.83 bits per heavy atom. The van der Waals surface area contributed by atoms with E-state index in [1.165, 1.54) is 0 Å². The molecule has 0 aliphatic carbocycles. The number of oxazole rings is 1. The third-order valence-electron chi connectivity index (χ3n) is 5.79. The number of aromatic nitrogens is 1. The molecule has 2 heterocycles. The normalized spacial score (nSPS) is 14.9. The smallest absolute Gasteiger partial charge is 0.374 e. The van der Waals surface area contributed by atoms with Gasteiger partial charge in [0.15, 0.2) is 12.3 Å². The SMILES string of the molecule is CCC(=Cc1oc2ccc(OC)cc2[n+]1CCS(=O)(=O)O)C=C1Oc2ccc(OC)cc2N1CC. The third-order valence-corrected chi connectivity index (χ3v) is 6.49. The molecule has 35 heavy (non-hydrogen) atoms. The molecule has 2 aromatic carbocycles. The molecular formula is C25H29N2O7S+. The van der Waals surface area contributed by atoms with Crippen molar-refractivity contribution in [2.24, 2.45) is 0 Å². The molecule has 0 amide bonds. The molecule has 0 unspecified atom stereocenters. The van der Waals surface area contributed by atoms with Gasteiger partial charge in [-0.1, -0.05) is 6.92 Å². The first kappa shape index (κ1) is 24.6. The average Bonchev–Trinajstić information content (AvgIpc) is 3.37. The van der Waals surface area contributed by atoms with Crippen LogP contribution in [0.5, 0.6) is 17.2 Å². The van der Waals surface area contributed by atoms with Crippen LogP contribution in [0.25, 0.3) is 17.2 Å². The lowest BCUT2D eigenvalue weighted by atomic mass is 10.2. The maximum Gasteiger partial charge on any atom is 0.374 e. The minimum absolute atomic E-state index is 0.0151. The number of ether oxygens (including phenoxy) is 3. The number of nitrogens with zero attached hydrogens (tertiary/aromatic N) is 2. The number of hydrogen-bond donors (Lipinski definition) is 1. The second-order valence-corrected chi connectivity index (χ2v) is 9.52. The van der Waals surface area contributed by atoms with Gasteiger partial charge >= 0.3 is 5.89 Å². The van der Waals surface area contributed by atoms with Gasteiger partial charge in [0, 0.05) is 18.7 Å². The molecule has 1 aromatic heterocycles. The number of benzene rings is 2. The van der Waals surface area contributed by atoms with E-state index in [0.717, 1.165) is 22.8 Å². The second-order valence-electron chi connectivity index (χ2n) is 7.95. The van der Waals surface area contributed by atoms with Gasteiger partial charge in [0.2, 0.25) is 11.5 Å². The Kier molecular flexibility index (Phi) is 7.04. The summed E-state index contributed by atoms with van der Waals surface area (Å²) in [5.74, 6) is 2.77. The molecule has 0 spiro atoms. The Balaban J connectivity index is 1.76. The number of aryl methyl sites for hydroxylation is 1. The lowest BCUT2D eigenvalue weighted by molar-refractivity contribution is -0.673. The molecule has 1 aliphatic heterocycles. The highest BCUT2D eigenvalue weighted by molar-refractivity contribution is 7.85. The Labute approximate surface area is 204 Å². The van der Waals surface area contributed by atoms with Crippen LogP contribution < -0.4 is 23.7 Å². The molecule has 3 aromatic rings. The zero-order valence-corrected chi connectivity index (χ0v) is 21.0. The number of allylic oxidation sites excluding steroid dienone is 2. The van der Waals surface area contributed by atoms with Crippen molar-refractivity contribution < 1.29 is 36.2 Å². The van der Waals surface area contributed by atoms with Crippen LogP contribution in [-0.4, -0.2) is 39.5 Å². The lowest BCUT2D eigenvalue weighted by Gasteiger charge is -2.16. The minimum atomic E-state index is -4.16. The maximum atomic E-state index is 11.5. The minimum Gasteiger partial charge on any atom is -0.497 e. The molecule has 0 fully saturated rings. The van der Waals surface area contributed by atoms with E-state index in [2.05, 4.69) is 4.90 Å². The van der Waals surface area contributed by atoms with Crippen LogP contribution >= 0.6 is 0 Å². The van der Waals surface area contributed by atoms with Crippen molar-refractivity contribution in [1.82, 2.24) is 0 Å². The molecule has 0 saturated carbocycles. The van der Waals surface area contributed by atoms with Crippen molar-refractivity contribution in [3.05, 3.63) is 59.8 Å². The molecule has 1 N–H and O–H groups in total. The number of anilines is 1. The summed E-state index contributed by atoms with van der Waals surface area (Å²) in [6.07, 6.45) is 4.46. The van der Waals surface area contributed by atoms with Gasteiger partial charge in [0.05, 0.1) is 32.0 Å². The van der Waals surface area contributed by atoms with Crippen LogP contribution in [0.3, 0.4) is 0 Å². The first-order chi connectivity index (χ1) is 16.8. The molecule has 0 saturated heterocycles. The van der Waals surface area contributed by atoms with Gasteiger partial charge < -0.3 is 23.5 Å². The molecule has 0 bridgehead atoms. The Morgan fingerprint density at radius 3 is 2.49 bits per heavy atom. The van der Waals surface area contributed by atoms with E-state index in [1.807, 2.05) is 44.2 Å². The van der Waals surface area contributed by atoms with Crippen LogP contribution in [-0.2, 0) is 16.7 Å². The van der Waals surface area contributed by atoms with Gasteiger partial charge in [-0.25, -0.2) is 0 Å². The van der Waals surface area contributed by atoms with Crippen LogP contribution in [0, 0.1) is 0 Å². The van der Waals surface area contributed by atoms with E-state index in [0.29, 0.717) is 41.6 Å². The molecule has 1 aliphatic rings. The van der Waals surface area contributed by atoms with E-state index < -0.39 is 15.9 Å². The fourth-order valence-corrected chi connectivity index (χ4v) is 4.37. The molecule has 186 valence electrons. The zero-order chi connectivity index (χ0) is 25.2. The predicted octanol–water partition coefficient (Wildman–Crippen LogP) is 4.18. The van der Waals surface area contributed by atoms with Crippen molar-refractivity contribution in [2.75, 3.05) is 31.4 Å². The Morgan fingerprint density at radius 1 is 1.11 bits per heavy atom. The molecule has 0 radical (unpaired) electrons. The summed E-state index contributed by atoms with van der Waals surface area (Å²) < 4.78 is 56.8. The Hall–Kier alpha value is -3.50. The van der Waals surface area contributed by atoms with Gasteiger partial charge in [-0.2, -0.15) is 13.0 Å². The monoisotopic (exact) mass is 501 g/mol. The van der Waals surface area contributed by atoms with E-state index in [9.17, 15) is 13.0 Å². The van der Waals surface area contributed by atoms with E-state index in [4.69, 9.17) is 18.6 Å². The molecule has 4 rings (SSSR count). The van der Waals surface area contributed by atoms with Crippen LogP contribution in [0.15, 0.2) is 58.3 Å². The fraction of sp³-hybridized carbons (Fsp3) is 0.320. The maximum absolute atomic E-state index is 11.5. The summed E-state index contributed by atoms with van der Waals surface area (Å²) in [6, 6.07) is 11.0. The van der Waals surface area contributed by atoms with Crippen molar-refractivity contribution in [2.45, 2.75) is 26.8 Å². The standard InChI is InChI=1S/C25H28N2O7S/c1-5-17(13-24-26(6-2)20-15-18(31-3)7-9-22(20)33-24)14-25-27(11-12-35(28,29)30)21-16-19(32-4)8-10-23(21)34-25/h7-10,13-16H,5-6,11-12H2,1-4H3/p+1. The van der Waals surface area contributed by atoms with Crippen LogP contribution in [0.1, 0.15) is 26.2 Å². The summed E-state index contributed by atoms with van der Waals surface area (Å²) >= 11 is 0. The van der Waals surface area contributed by atoms with Crippen molar-refractivity contribution in [1.29, 1.82) is 0 Å². The highest BCUT2D eigenvalue weighted by Gasteiger charge is 2.27. The van der Waals surface area contributed by atoms with Crippen molar-refractivity contribution in [3.8, 4) is 17.2 Å². The third kappa shape index (κ3) is 5.28. The summed E-state index contributed by atoms with van der Waals surface area (Å²) in [4.78, 5) is 2.05. The molecule has 10 heteroatoms. The number of hydrogen-bond acceptors (Lipinski definition) is 7. The van der Waals surface area contributed by atoms with Crippen molar-refractivity contribution in [3.63, 3.8) is 0 Å². The number of fused-ring (bicyclic) bond motifs is 2. The van der Waals surface area contributed by atoms with Crippen LogP contribution in [0.4, 0.5) is 5.69 Å². The largest absolute Gasteiger partial charge is 0.497 e. The van der Waals surface area contributed by atoms with Gasteiger partial charge in [-0.05, 0) is 43.2 Å². The topological polar surface area (TPSA) is 102 Å².